The number of carboxylic acid groups (broad SMARTS) is 1. The first-order valence-electron chi connectivity index (χ1n) is 8.13. The van der Waals surface area contributed by atoms with Crippen molar-refractivity contribution in [2.45, 2.75) is 25.6 Å². The number of carboxylic acids is 1. The second kappa shape index (κ2) is 6.58. The Morgan fingerprint density at radius 1 is 1.23 bits per heavy atom. The molecule has 0 spiro atoms. The number of benzene rings is 2. The number of aliphatic carboxylic acids is 1. The Morgan fingerprint density at radius 2 is 1.96 bits per heavy atom. The molecule has 0 radical (unpaired) electrons. The minimum atomic E-state index is -0.945. The standard InChI is InChI=1S/C19H15Cl2FN2O2/c20-12-3-6-14-15-8-17(19(25)26)24(21)10-18(15)23(16(14)7-12)9-11-1-4-13(22)5-2-11/h1-7,17H,8-10H2,(H,25,26)/t17-/m0/s1. The second-order valence-corrected chi connectivity index (χ2v) is 7.29. The van der Waals surface area contributed by atoms with Crippen LogP contribution in [0.2, 0.25) is 5.02 Å². The van der Waals surface area contributed by atoms with E-state index in [0.717, 1.165) is 27.7 Å². The summed E-state index contributed by atoms with van der Waals surface area (Å²) in [5.74, 6) is -1.23. The summed E-state index contributed by atoms with van der Waals surface area (Å²) in [7, 11) is 0. The summed E-state index contributed by atoms with van der Waals surface area (Å²) in [4.78, 5) is 11.5. The van der Waals surface area contributed by atoms with E-state index >= 15 is 0 Å². The molecule has 4 rings (SSSR count). The van der Waals surface area contributed by atoms with Crippen molar-refractivity contribution in [3.63, 3.8) is 0 Å². The molecule has 7 heteroatoms. The molecule has 0 aliphatic carbocycles. The van der Waals surface area contributed by atoms with Crippen LogP contribution in [0.25, 0.3) is 10.9 Å². The lowest BCUT2D eigenvalue weighted by Gasteiger charge is -2.28. The highest BCUT2D eigenvalue weighted by Gasteiger charge is 2.34. The molecule has 1 atom stereocenters. The van der Waals surface area contributed by atoms with E-state index in [4.69, 9.17) is 23.4 Å². The average Bonchev–Trinajstić information content (AvgIpc) is 2.88. The van der Waals surface area contributed by atoms with Gasteiger partial charge in [0.25, 0.3) is 0 Å². The lowest BCUT2D eigenvalue weighted by atomic mass is 9.98. The van der Waals surface area contributed by atoms with Crippen molar-refractivity contribution in [2.24, 2.45) is 0 Å². The molecule has 2 aromatic carbocycles. The van der Waals surface area contributed by atoms with Crippen molar-refractivity contribution in [1.29, 1.82) is 0 Å². The number of nitrogens with zero attached hydrogens (tertiary/aromatic N) is 2. The van der Waals surface area contributed by atoms with Gasteiger partial charge in [-0.2, -0.15) is 4.42 Å². The topological polar surface area (TPSA) is 45.5 Å². The van der Waals surface area contributed by atoms with Crippen molar-refractivity contribution in [1.82, 2.24) is 8.99 Å². The first-order chi connectivity index (χ1) is 12.4. The smallest absolute Gasteiger partial charge is 0.322 e. The molecule has 1 aromatic heterocycles. The van der Waals surface area contributed by atoms with E-state index in [9.17, 15) is 14.3 Å². The maximum Gasteiger partial charge on any atom is 0.322 e. The average molecular weight is 393 g/mol. The molecule has 0 amide bonds. The largest absolute Gasteiger partial charge is 0.480 e. The summed E-state index contributed by atoms with van der Waals surface area (Å²) in [5, 5.41) is 11.0. The molecule has 2 heterocycles. The number of halogens is 3. The van der Waals surface area contributed by atoms with Gasteiger partial charge in [0, 0.05) is 29.1 Å². The molecule has 1 aliphatic heterocycles. The van der Waals surface area contributed by atoms with E-state index < -0.39 is 12.0 Å². The first-order valence-corrected chi connectivity index (χ1v) is 8.85. The molecule has 134 valence electrons. The molecule has 0 unspecified atom stereocenters. The third-order valence-corrected chi connectivity index (χ3v) is 5.42. The van der Waals surface area contributed by atoms with Crippen LogP contribution in [0, 0.1) is 5.82 Å². The van der Waals surface area contributed by atoms with Crippen LogP contribution in [0.15, 0.2) is 42.5 Å². The van der Waals surface area contributed by atoms with Gasteiger partial charge in [-0.25, -0.2) is 4.39 Å². The Balaban J connectivity index is 1.87. The zero-order valence-electron chi connectivity index (χ0n) is 13.6. The van der Waals surface area contributed by atoms with Crippen molar-refractivity contribution in [3.8, 4) is 0 Å². The van der Waals surface area contributed by atoms with Crippen molar-refractivity contribution in [2.75, 3.05) is 0 Å². The molecule has 0 saturated heterocycles. The molecular weight excluding hydrogens is 378 g/mol. The molecular formula is C19H15Cl2FN2O2. The fourth-order valence-corrected chi connectivity index (χ4v) is 3.99. The van der Waals surface area contributed by atoms with E-state index in [1.54, 1.807) is 18.2 Å². The van der Waals surface area contributed by atoms with Gasteiger partial charge in [-0.15, -0.1) is 0 Å². The van der Waals surface area contributed by atoms with Crippen LogP contribution in [0.1, 0.15) is 16.8 Å². The van der Waals surface area contributed by atoms with Gasteiger partial charge >= 0.3 is 5.97 Å². The van der Waals surface area contributed by atoms with Gasteiger partial charge in [-0.3, -0.25) is 4.79 Å². The number of aromatic nitrogens is 1. The molecule has 26 heavy (non-hydrogen) atoms. The van der Waals surface area contributed by atoms with Gasteiger partial charge in [0.2, 0.25) is 0 Å². The monoisotopic (exact) mass is 392 g/mol. The summed E-state index contributed by atoms with van der Waals surface area (Å²) >= 11 is 12.4. The van der Waals surface area contributed by atoms with Crippen LogP contribution in [0.4, 0.5) is 4.39 Å². The van der Waals surface area contributed by atoms with Crippen LogP contribution < -0.4 is 0 Å². The summed E-state index contributed by atoms with van der Waals surface area (Å²) < 4.78 is 16.6. The predicted molar refractivity (Wildman–Crippen MR) is 99.0 cm³/mol. The minimum Gasteiger partial charge on any atom is -0.480 e. The fraction of sp³-hybridized carbons (Fsp3) is 0.211. The zero-order chi connectivity index (χ0) is 18.4. The van der Waals surface area contributed by atoms with Crippen LogP contribution in [-0.4, -0.2) is 26.1 Å². The molecule has 1 N–H and O–H groups in total. The van der Waals surface area contributed by atoms with Gasteiger partial charge in [0.05, 0.1) is 12.1 Å². The Morgan fingerprint density at radius 3 is 2.65 bits per heavy atom. The summed E-state index contributed by atoms with van der Waals surface area (Å²) in [5.41, 5.74) is 3.79. The second-order valence-electron chi connectivity index (χ2n) is 6.42. The lowest BCUT2D eigenvalue weighted by molar-refractivity contribution is -0.141. The van der Waals surface area contributed by atoms with E-state index in [0.29, 0.717) is 24.5 Å². The van der Waals surface area contributed by atoms with Gasteiger partial charge < -0.3 is 9.67 Å². The molecule has 4 nitrogen and oxygen atoms in total. The third-order valence-electron chi connectivity index (χ3n) is 4.83. The lowest BCUT2D eigenvalue weighted by Crippen LogP contribution is -2.40. The highest BCUT2D eigenvalue weighted by atomic mass is 35.5. The van der Waals surface area contributed by atoms with Gasteiger partial charge in [-0.05, 0) is 47.2 Å². The van der Waals surface area contributed by atoms with Gasteiger partial charge in [-0.1, -0.05) is 29.8 Å². The summed E-state index contributed by atoms with van der Waals surface area (Å²) in [6.07, 6.45) is 0.322. The highest BCUT2D eigenvalue weighted by molar-refractivity contribution is 6.31. The number of hydrogen-bond acceptors (Lipinski definition) is 2. The quantitative estimate of drug-likeness (QED) is 0.669. The molecule has 0 bridgehead atoms. The highest BCUT2D eigenvalue weighted by Crippen LogP contribution is 2.35. The summed E-state index contributed by atoms with van der Waals surface area (Å²) in [6, 6.07) is 11.1. The number of fused-ring (bicyclic) bond motifs is 3. The van der Waals surface area contributed by atoms with E-state index in [2.05, 4.69) is 4.57 Å². The van der Waals surface area contributed by atoms with E-state index in [1.807, 2.05) is 12.1 Å². The van der Waals surface area contributed by atoms with Gasteiger partial charge in [0.15, 0.2) is 0 Å². The zero-order valence-corrected chi connectivity index (χ0v) is 15.1. The predicted octanol–water partition coefficient (Wildman–Crippen LogP) is 4.45. The molecule has 0 fully saturated rings. The number of hydrogen-bond donors (Lipinski definition) is 1. The Kier molecular flexibility index (Phi) is 4.39. The van der Waals surface area contributed by atoms with Crippen LogP contribution >= 0.6 is 23.4 Å². The van der Waals surface area contributed by atoms with E-state index in [1.165, 1.54) is 16.6 Å². The van der Waals surface area contributed by atoms with Gasteiger partial charge in [0.1, 0.15) is 11.9 Å². The third kappa shape index (κ3) is 2.96. The number of rotatable bonds is 3. The van der Waals surface area contributed by atoms with Crippen molar-refractivity contribution < 1.29 is 14.3 Å². The normalized spacial score (nSPS) is 17.4. The first kappa shape index (κ1) is 17.3. The summed E-state index contributed by atoms with van der Waals surface area (Å²) in [6.45, 7) is 0.830. The van der Waals surface area contributed by atoms with E-state index in [-0.39, 0.29) is 5.82 Å². The molecule has 0 saturated carbocycles. The minimum absolute atomic E-state index is 0.285. The van der Waals surface area contributed by atoms with Crippen molar-refractivity contribution >= 4 is 40.2 Å². The van der Waals surface area contributed by atoms with Crippen molar-refractivity contribution in [3.05, 3.63) is 70.1 Å². The molecule has 3 aromatic rings. The van der Waals surface area contributed by atoms with Crippen LogP contribution in [0.5, 0.6) is 0 Å². The number of carbonyl (C=O) groups is 1. The Labute approximate surface area is 159 Å². The fourth-order valence-electron chi connectivity index (χ4n) is 3.56. The van der Waals surface area contributed by atoms with Crippen LogP contribution in [0.3, 0.4) is 0 Å². The molecule has 1 aliphatic rings. The maximum atomic E-state index is 13.2. The Hall–Kier alpha value is -2.08. The SMILES string of the molecule is O=C(O)[C@@H]1Cc2c(n(Cc3ccc(F)cc3)c3cc(Cl)ccc23)CN1Cl. The Bertz CT molecular complexity index is 1000. The van der Waals surface area contributed by atoms with Crippen LogP contribution in [-0.2, 0) is 24.3 Å². The maximum absolute atomic E-state index is 13.2.